The van der Waals surface area contributed by atoms with Gasteiger partial charge in [0, 0.05) is 59.4 Å². The first-order chi connectivity index (χ1) is 25.3. The van der Waals surface area contributed by atoms with Gasteiger partial charge in [0.05, 0.1) is 5.56 Å². The van der Waals surface area contributed by atoms with E-state index < -0.39 is 0 Å². The summed E-state index contributed by atoms with van der Waals surface area (Å²) < 4.78 is 6.83. The molecule has 0 aliphatic carbocycles. The van der Waals surface area contributed by atoms with Gasteiger partial charge in [0.25, 0.3) is 0 Å². The average Bonchev–Trinajstić information content (AvgIpc) is 3.13. The van der Waals surface area contributed by atoms with Crippen LogP contribution in [-0.4, -0.2) is 0 Å². The number of rotatable bonds is 3. The van der Waals surface area contributed by atoms with Crippen molar-refractivity contribution in [2.24, 2.45) is 21.1 Å². The van der Waals surface area contributed by atoms with E-state index in [4.69, 9.17) is 0 Å². The fourth-order valence-corrected chi connectivity index (χ4v) is 7.75. The summed E-state index contributed by atoms with van der Waals surface area (Å²) in [6.45, 7) is 33.2. The third kappa shape index (κ3) is 8.41. The van der Waals surface area contributed by atoms with Gasteiger partial charge in [-0.3, -0.25) is 0 Å². The van der Waals surface area contributed by atoms with Crippen LogP contribution < -0.4 is 13.7 Å². The maximum atomic E-state index is 2.38. The Kier molecular flexibility index (Phi) is 13.2. The van der Waals surface area contributed by atoms with Crippen molar-refractivity contribution < 1.29 is 13.7 Å². The Balaban J connectivity index is 0.000000184. The zero-order valence-electron chi connectivity index (χ0n) is 36.8. The first-order valence-corrected chi connectivity index (χ1v) is 19.4. The molecule has 3 heteroatoms. The second-order valence-corrected chi connectivity index (χ2v) is 15.7. The minimum Gasteiger partial charge on any atom is -0.201 e. The molecule has 3 aromatic heterocycles. The Morgan fingerprint density at radius 3 is 1.46 bits per heavy atom. The normalized spacial score (nSPS) is 10.8. The van der Waals surface area contributed by atoms with Crippen molar-refractivity contribution in [2.45, 2.75) is 104 Å². The molecule has 0 unspecified atom stereocenters. The lowest BCUT2D eigenvalue weighted by atomic mass is 9.85. The van der Waals surface area contributed by atoms with Crippen LogP contribution in [0.5, 0.6) is 0 Å². The number of pyridine rings is 3. The minimum absolute atomic E-state index is 1.27. The lowest BCUT2D eigenvalue weighted by Gasteiger charge is -2.20. The highest BCUT2D eigenvalue weighted by Gasteiger charge is 2.26. The van der Waals surface area contributed by atoms with Gasteiger partial charge in [-0.05, 0) is 159 Å². The van der Waals surface area contributed by atoms with Crippen LogP contribution in [-0.2, 0) is 21.1 Å². The molecule has 3 heterocycles. The Morgan fingerprint density at radius 2 is 0.889 bits per heavy atom. The third-order valence-electron chi connectivity index (χ3n) is 12.4. The van der Waals surface area contributed by atoms with Gasteiger partial charge in [-0.25, -0.2) is 4.57 Å². The van der Waals surface area contributed by atoms with Crippen LogP contribution >= 0.6 is 0 Å². The highest BCUT2D eigenvalue weighted by Crippen LogP contribution is 2.35. The Labute approximate surface area is 328 Å². The maximum absolute atomic E-state index is 2.38. The molecular weight excluding hydrogens is 655 g/mol. The summed E-state index contributed by atoms with van der Waals surface area (Å²) in [7, 11) is 6.43. The largest absolute Gasteiger partial charge is 0.216 e. The van der Waals surface area contributed by atoms with E-state index in [0.717, 1.165) is 0 Å². The van der Waals surface area contributed by atoms with Crippen molar-refractivity contribution in [3.63, 3.8) is 0 Å². The molecule has 282 valence electrons. The Morgan fingerprint density at radius 1 is 0.370 bits per heavy atom. The van der Waals surface area contributed by atoms with Crippen molar-refractivity contribution in [1.29, 1.82) is 0 Å². The van der Waals surface area contributed by atoms with Gasteiger partial charge < -0.3 is 0 Å². The van der Waals surface area contributed by atoms with Gasteiger partial charge in [0.15, 0.2) is 17.6 Å². The molecule has 0 amide bonds. The van der Waals surface area contributed by atoms with Crippen LogP contribution in [0.2, 0.25) is 0 Å². The molecular formula is C51H66N3+3. The molecule has 54 heavy (non-hydrogen) atoms. The van der Waals surface area contributed by atoms with Crippen LogP contribution in [0.4, 0.5) is 0 Å². The molecule has 6 rings (SSSR count). The second-order valence-electron chi connectivity index (χ2n) is 15.7. The van der Waals surface area contributed by atoms with E-state index in [9.17, 15) is 0 Å². The number of nitrogens with zero attached hydrogens (tertiary/aromatic N) is 3. The highest BCUT2D eigenvalue weighted by molar-refractivity contribution is 5.73. The Bertz CT molecular complexity index is 2180. The molecule has 0 saturated heterocycles. The van der Waals surface area contributed by atoms with Crippen LogP contribution in [0.1, 0.15) is 83.7 Å². The predicted molar refractivity (Wildman–Crippen MR) is 230 cm³/mol. The quantitative estimate of drug-likeness (QED) is 0.161. The van der Waals surface area contributed by atoms with Gasteiger partial charge in [-0.15, -0.1) is 0 Å². The van der Waals surface area contributed by atoms with Crippen molar-refractivity contribution in [2.75, 3.05) is 0 Å². The summed E-state index contributed by atoms with van der Waals surface area (Å²) in [4.78, 5) is 0. The summed E-state index contributed by atoms with van der Waals surface area (Å²) >= 11 is 0. The van der Waals surface area contributed by atoms with Gasteiger partial charge in [0.1, 0.15) is 21.1 Å². The van der Waals surface area contributed by atoms with Crippen molar-refractivity contribution in [3.8, 4) is 33.8 Å². The first-order valence-electron chi connectivity index (χ1n) is 19.4. The van der Waals surface area contributed by atoms with Crippen molar-refractivity contribution >= 4 is 0 Å². The number of aromatic nitrogens is 3. The molecule has 0 fully saturated rings. The summed E-state index contributed by atoms with van der Waals surface area (Å²) in [5.41, 5.74) is 28.6. The lowest BCUT2D eigenvalue weighted by molar-refractivity contribution is -0.667. The SMILES string of the molecule is Cc1c(C)c(C)c(-c2c(C)c(C)c(C)c(C)[n+]2C)c(C)c1C.Cc1ccc(-c2ccc(C)c[n+]2C)c(C)c1.Cc1ccccc1-c1ccc(C)c(C)[n+]1C. The molecule has 0 aliphatic rings. The standard InChI is InChI=1S/C21H30N.2C15H18N/c1-11-12(2)16(6)20(17(7)13(11)3)21-18(8)14(4)15(5)19(9)22(21)10;1-11-5-7-14(13(3)9-11)15-8-6-12(2)10-16(15)4;1-11-9-10-15(16(4)13(11)3)14-8-6-5-7-12(14)2/h1-10H3;2*5-10H,1-4H3/q3*+1. The van der Waals surface area contributed by atoms with Crippen molar-refractivity contribution in [1.82, 2.24) is 0 Å². The van der Waals surface area contributed by atoms with Gasteiger partial charge in [-0.2, -0.15) is 9.13 Å². The molecule has 0 saturated carbocycles. The Hall–Kier alpha value is -4.89. The third-order valence-corrected chi connectivity index (χ3v) is 12.4. The smallest absolute Gasteiger partial charge is 0.201 e. The molecule has 3 aromatic carbocycles. The van der Waals surface area contributed by atoms with Crippen molar-refractivity contribution in [3.05, 3.63) is 157 Å². The topological polar surface area (TPSA) is 11.6 Å². The number of hydrogen-bond acceptors (Lipinski definition) is 0. The fourth-order valence-electron chi connectivity index (χ4n) is 7.75. The van der Waals surface area contributed by atoms with Crippen LogP contribution in [0, 0.1) is 104 Å². The zero-order valence-corrected chi connectivity index (χ0v) is 36.8. The summed E-state index contributed by atoms with van der Waals surface area (Å²) in [5, 5.41) is 0. The molecule has 0 bridgehead atoms. The van der Waals surface area contributed by atoms with E-state index in [1.807, 2.05) is 0 Å². The first kappa shape index (κ1) is 41.9. The molecule has 0 aliphatic heterocycles. The average molecular weight is 721 g/mol. The maximum Gasteiger partial charge on any atom is 0.216 e. The fraction of sp³-hybridized carbons (Fsp3) is 0.353. The molecule has 6 aromatic rings. The molecule has 0 radical (unpaired) electrons. The summed E-state index contributed by atoms with van der Waals surface area (Å²) in [6, 6.07) is 23.9. The number of benzene rings is 3. The van der Waals surface area contributed by atoms with Crippen LogP contribution in [0.3, 0.4) is 0 Å². The molecule has 0 spiro atoms. The molecule has 0 N–H and O–H groups in total. The van der Waals surface area contributed by atoms with Gasteiger partial charge >= 0.3 is 0 Å². The van der Waals surface area contributed by atoms with Gasteiger partial charge in [-0.1, -0.05) is 35.9 Å². The van der Waals surface area contributed by atoms with Gasteiger partial charge in [0.2, 0.25) is 17.1 Å². The number of hydrogen-bond donors (Lipinski definition) is 0. The highest BCUT2D eigenvalue weighted by atomic mass is 15.0. The van der Waals surface area contributed by atoms with E-state index >= 15 is 0 Å². The lowest BCUT2D eigenvalue weighted by Crippen LogP contribution is -2.37. The monoisotopic (exact) mass is 721 g/mol. The summed E-state index contributed by atoms with van der Waals surface area (Å²) in [6.07, 6.45) is 2.16. The summed E-state index contributed by atoms with van der Waals surface area (Å²) in [5.74, 6) is 0. The van der Waals surface area contributed by atoms with E-state index in [1.54, 1.807) is 0 Å². The van der Waals surface area contributed by atoms with E-state index in [1.165, 1.54) is 117 Å². The number of aryl methyl sites for hydroxylation is 6. The molecule has 3 nitrogen and oxygen atoms in total. The predicted octanol–water partition coefficient (Wildman–Crippen LogP) is 11.2. The van der Waals surface area contributed by atoms with Crippen LogP contribution in [0.25, 0.3) is 33.8 Å². The minimum atomic E-state index is 1.27. The molecule has 0 atom stereocenters. The van der Waals surface area contributed by atoms with E-state index in [-0.39, 0.29) is 0 Å². The van der Waals surface area contributed by atoms with E-state index in [0.29, 0.717) is 0 Å². The zero-order chi connectivity index (χ0) is 40.3. The van der Waals surface area contributed by atoms with Crippen LogP contribution in [0.15, 0.2) is 72.9 Å². The second kappa shape index (κ2) is 17.1. The van der Waals surface area contributed by atoms with E-state index in [2.05, 4.69) is 212 Å².